The summed E-state index contributed by atoms with van der Waals surface area (Å²) in [6, 6.07) is 9.91. The summed E-state index contributed by atoms with van der Waals surface area (Å²) < 4.78 is 1.69. The Labute approximate surface area is 176 Å². The molecule has 0 spiro atoms. The lowest BCUT2D eigenvalue weighted by molar-refractivity contribution is 0.0909. The summed E-state index contributed by atoms with van der Waals surface area (Å²) in [7, 11) is 0. The van der Waals surface area contributed by atoms with Gasteiger partial charge in [0, 0.05) is 24.2 Å². The molecule has 3 aromatic rings. The molecule has 4 rings (SSSR count). The van der Waals surface area contributed by atoms with Crippen molar-refractivity contribution in [1.82, 2.24) is 30.6 Å². The van der Waals surface area contributed by atoms with E-state index in [0.29, 0.717) is 17.3 Å². The minimum atomic E-state index is -0.178. The van der Waals surface area contributed by atoms with Crippen LogP contribution in [0.2, 0.25) is 0 Å². The molecule has 1 amide bonds. The van der Waals surface area contributed by atoms with Crippen molar-refractivity contribution in [2.75, 3.05) is 13.1 Å². The average Bonchev–Trinajstić information content (AvgIpc) is 3.04. The number of hydrogen-bond acceptors (Lipinski definition) is 5. The molecule has 2 unspecified atom stereocenters. The predicted octanol–water partition coefficient (Wildman–Crippen LogP) is 2.70. The molecule has 1 aliphatic heterocycles. The highest BCUT2D eigenvalue weighted by atomic mass is 35.5. The number of hydrogen-bond donors (Lipinski definition) is 2. The Morgan fingerprint density at radius 2 is 2.04 bits per heavy atom. The van der Waals surface area contributed by atoms with Crippen molar-refractivity contribution in [2.24, 2.45) is 5.92 Å². The lowest BCUT2D eigenvalue weighted by atomic mass is 9.95. The van der Waals surface area contributed by atoms with E-state index < -0.39 is 0 Å². The van der Waals surface area contributed by atoms with E-state index in [4.69, 9.17) is 0 Å². The van der Waals surface area contributed by atoms with Crippen LogP contribution in [0.4, 0.5) is 0 Å². The second kappa shape index (κ2) is 9.32. The van der Waals surface area contributed by atoms with Gasteiger partial charge in [0.25, 0.3) is 5.91 Å². The van der Waals surface area contributed by atoms with Gasteiger partial charge in [-0.25, -0.2) is 4.68 Å². The van der Waals surface area contributed by atoms with Gasteiger partial charge in [0.1, 0.15) is 0 Å². The van der Waals surface area contributed by atoms with Crippen LogP contribution in [-0.2, 0) is 0 Å². The first kappa shape index (κ1) is 22.1. The number of para-hydroxylation sites is 1. The minimum absolute atomic E-state index is 0. The first-order valence-corrected chi connectivity index (χ1v) is 8.93. The molecule has 1 aromatic carbocycles. The van der Waals surface area contributed by atoms with Crippen LogP contribution in [0.15, 0.2) is 36.5 Å². The maximum Gasteiger partial charge on any atom is 0.274 e. The zero-order chi connectivity index (χ0) is 18.1. The molecule has 7 nitrogen and oxygen atoms in total. The second-order valence-electron chi connectivity index (χ2n) is 6.84. The molecule has 9 heteroatoms. The lowest BCUT2D eigenvalue weighted by Crippen LogP contribution is -2.50. The first-order valence-electron chi connectivity index (χ1n) is 8.93. The normalized spacial score (nSPS) is 18.8. The predicted molar refractivity (Wildman–Crippen MR) is 114 cm³/mol. The van der Waals surface area contributed by atoms with Crippen molar-refractivity contribution in [1.29, 1.82) is 0 Å². The topological polar surface area (TPSA) is 84.7 Å². The number of nitrogens with zero attached hydrogens (tertiary/aromatic N) is 4. The Bertz CT molecular complexity index is 955. The van der Waals surface area contributed by atoms with Crippen molar-refractivity contribution < 1.29 is 4.79 Å². The third-order valence-corrected chi connectivity index (χ3v) is 5.09. The van der Waals surface area contributed by atoms with Crippen LogP contribution in [0.1, 0.15) is 29.5 Å². The molecule has 1 fully saturated rings. The summed E-state index contributed by atoms with van der Waals surface area (Å²) in [5, 5.41) is 15.8. The second-order valence-corrected chi connectivity index (χ2v) is 6.84. The number of amides is 1. The average molecular weight is 423 g/mol. The number of pyridine rings is 1. The molecule has 2 N–H and O–H groups in total. The number of nitrogens with one attached hydrogen (secondary N) is 2. The monoisotopic (exact) mass is 422 g/mol. The third kappa shape index (κ3) is 4.11. The molecule has 0 radical (unpaired) electrons. The standard InChI is InChI=1S/C19H22N6O.2ClH/c1-12-8-10-20-11-15(12)22-19(26)17-13(2)25(24-23-17)16-7-3-5-14-6-4-9-21-18(14)16;;/h3-7,9,12,15,20H,8,10-11H2,1-2H3,(H,22,26);2*1H. The SMILES string of the molecule is Cc1c(C(=O)NC2CNCCC2C)nnn1-c1cccc2cccnc12.Cl.Cl. The summed E-state index contributed by atoms with van der Waals surface area (Å²) in [6.07, 6.45) is 2.81. The van der Waals surface area contributed by atoms with E-state index in [1.165, 1.54) is 0 Å². The third-order valence-electron chi connectivity index (χ3n) is 5.09. The van der Waals surface area contributed by atoms with Crippen molar-refractivity contribution >= 4 is 41.6 Å². The largest absolute Gasteiger partial charge is 0.346 e. The number of benzene rings is 1. The Kier molecular flexibility index (Phi) is 7.35. The van der Waals surface area contributed by atoms with E-state index in [9.17, 15) is 4.79 Å². The first-order chi connectivity index (χ1) is 12.6. The highest BCUT2D eigenvalue weighted by Crippen LogP contribution is 2.21. The summed E-state index contributed by atoms with van der Waals surface area (Å²) in [6.45, 7) is 5.81. The van der Waals surface area contributed by atoms with Gasteiger partial charge in [-0.15, -0.1) is 29.9 Å². The van der Waals surface area contributed by atoms with Crippen LogP contribution in [0.25, 0.3) is 16.6 Å². The summed E-state index contributed by atoms with van der Waals surface area (Å²) in [5.74, 6) is 0.264. The molecular formula is C19H24Cl2N6O. The highest BCUT2D eigenvalue weighted by molar-refractivity contribution is 5.94. The van der Waals surface area contributed by atoms with Gasteiger partial charge in [-0.3, -0.25) is 9.78 Å². The number of rotatable bonds is 3. The Morgan fingerprint density at radius 1 is 1.25 bits per heavy atom. The van der Waals surface area contributed by atoms with Gasteiger partial charge in [-0.2, -0.15) is 0 Å². The van der Waals surface area contributed by atoms with E-state index in [0.717, 1.165) is 36.1 Å². The van der Waals surface area contributed by atoms with Crippen molar-refractivity contribution in [2.45, 2.75) is 26.3 Å². The molecule has 150 valence electrons. The molecule has 1 saturated heterocycles. The van der Waals surface area contributed by atoms with Gasteiger partial charge in [0.05, 0.1) is 16.9 Å². The minimum Gasteiger partial charge on any atom is -0.346 e. The van der Waals surface area contributed by atoms with Crippen LogP contribution in [0, 0.1) is 12.8 Å². The van der Waals surface area contributed by atoms with Crippen LogP contribution < -0.4 is 10.6 Å². The van der Waals surface area contributed by atoms with Crippen LogP contribution in [0.5, 0.6) is 0 Å². The maximum atomic E-state index is 12.7. The number of aromatic nitrogens is 4. The van der Waals surface area contributed by atoms with Gasteiger partial charge in [-0.1, -0.05) is 30.3 Å². The van der Waals surface area contributed by atoms with Gasteiger partial charge in [-0.05, 0) is 37.9 Å². The van der Waals surface area contributed by atoms with Gasteiger partial charge >= 0.3 is 0 Å². The smallest absolute Gasteiger partial charge is 0.274 e. The fourth-order valence-electron chi connectivity index (χ4n) is 3.45. The fraction of sp³-hybridized carbons (Fsp3) is 0.368. The van der Waals surface area contributed by atoms with Gasteiger partial charge in [0.15, 0.2) is 5.69 Å². The van der Waals surface area contributed by atoms with Crippen molar-refractivity contribution in [3.63, 3.8) is 0 Å². The zero-order valence-corrected chi connectivity index (χ0v) is 17.4. The lowest BCUT2D eigenvalue weighted by Gasteiger charge is -2.29. The molecule has 0 aliphatic carbocycles. The molecule has 0 saturated carbocycles. The molecule has 1 aliphatic rings. The van der Waals surface area contributed by atoms with E-state index >= 15 is 0 Å². The quantitative estimate of drug-likeness (QED) is 0.677. The molecule has 2 atom stereocenters. The Balaban J connectivity index is 0.00000140. The molecule has 28 heavy (non-hydrogen) atoms. The summed E-state index contributed by atoms with van der Waals surface area (Å²) in [5.41, 5.74) is 2.72. The Hall–Kier alpha value is -2.22. The highest BCUT2D eigenvalue weighted by Gasteiger charge is 2.26. The number of halogens is 2. The molecule has 0 bridgehead atoms. The van der Waals surface area contributed by atoms with Crippen LogP contribution >= 0.6 is 24.8 Å². The molecular weight excluding hydrogens is 399 g/mol. The van der Waals surface area contributed by atoms with Gasteiger partial charge in [0.2, 0.25) is 0 Å². The Morgan fingerprint density at radius 3 is 2.82 bits per heavy atom. The fourth-order valence-corrected chi connectivity index (χ4v) is 3.45. The van der Waals surface area contributed by atoms with E-state index in [2.05, 4.69) is 32.9 Å². The summed E-state index contributed by atoms with van der Waals surface area (Å²) in [4.78, 5) is 17.2. The van der Waals surface area contributed by atoms with Crippen LogP contribution in [-0.4, -0.2) is 45.0 Å². The maximum absolute atomic E-state index is 12.7. The van der Waals surface area contributed by atoms with E-state index in [-0.39, 0.29) is 36.8 Å². The van der Waals surface area contributed by atoms with Crippen LogP contribution in [0.3, 0.4) is 0 Å². The number of fused-ring (bicyclic) bond motifs is 1. The number of carbonyl (C=O) groups excluding carboxylic acids is 1. The molecule has 2 aromatic heterocycles. The number of piperidine rings is 1. The van der Waals surface area contributed by atoms with Gasteiger partial charge < -0.3 is 10.6 Å². The molecule has 3 heterocycles. The van der Waals surface area contributed by atoms with E-state index in [1.807, 2.05) is 37.3 Å². The summed E-state index contributed by atoms with van der Waals surface area (Å²) >= 11 is 0. The van der Waals surface area contributed by atoms with Crippen molar-refractivity contribution in [3.05, 3.63) is 47.9 Å². The van der Waals surface area contributed by atoms with E-state index in [1.54, 1.807) is 10.9 Å². The number of carbonyl (C=O) groups is 1. The van der Waals surface area contributed by atoms with Crippen molar-refractivity contribution in [3.8, 4) is 5.69 Å². The zero-order valence-electron chi connectivity index (χ0n) is 15.8.